The molecule has 14 heteroatoms. The summed E-state index contributed by atoms with van der Waals surface area (Å²) in [4.78, 5) is 35.1. The maximum absolute atomic E-state index is 12.9. The number of carboxylic acids is 1. The topological polar surface area (TPSA) is 245 Å². The fourth-order valence-electron chi connectivity index (χ4n) is 4.08. The number of rotatable bonds is 6. The highest BCUT2D eigenvalue weighted by Crippen LogP contribution is 2.45. The molecule has 8 N–H and O–H groups in total. The van der Waals surface area contributed by atoms with E-state index in [2.05, 4.69) is 0 Å². The van der Waals surface area contributed by atoms with Gasteiger partial charge in [0.05, 0.1) is 5.56 Å². The number of carbonyl (C=O) groups excluding carboxylic acids is 1. The van der Waals surface area contributed by atoms with Gasteiger partial charge in [-0.3, -0.25) is 14.4 Å². The number of phenols is 4. The second-order valence-electron chi connectivity index (χ2n) is 8.53. The molecule has 0 amide bonds. The van der Waals surface area contributed by atoms with Crippen LogP contribution in [0.4, 0.5) is 0 Å². The largest absolute Gasteiger partial charge is 0.507 e. The van der Waals surface area contributed by atoms with E-state index in [-0.39, 0.29) is 16.9 Å². The number of ether oxygens (including phenoxy) is 2. The Morgan fingerprint density at radius 2 is 1.61 bits per heavy atom. The molecule has 0 bridgehead atoms. The Hall–Kier alpha value is -4.37. The summed E-state index contributed by atoms with van der Waals surface area (Å²) in [6.45, 7) is -0.742. The number of carboxylic acid groups (broad SMARTS) is 1. The molecule has 2 aromatic carbocycles. The summed E-state index contributed by atoms with van der Waals surface area (Å²) in [5, 5.41) is 80.1. The van der Waals surface area contributed by atoms with Crippen LogP contribution in [0, 0.1) is 0 Å². The molecule has 1 fully saturated rings. The highest BCUT2D eigenvalue weighted by molar-refractivity contribution is 5.90. The molecular formula is C24H22O14. The molecule has 14 nitrogen and oxygen atoms in total. The van der Waals surface area contributed by atoms with Crippen molar-refractivity contribution in [3.05, 3.63) is 46.1 Å². The zero-order chi connectivity index (χ0) is 27.9. The van der Waals surface area contributed by atoms with Gasteiger partial charge in [0, 0.05) is 17.7 Å². The van der Waals surface area contributed by atoms with E-state index in [4.69, 9.17) is 19.0 Å². The average Bonchev–Trinajstić information content (AvgIpc) is 2.84. The maximum Gasteiger partial charge on any atom is 0.317 e. The summed E-state index contributed by atoms with van der Waals surface area (Å²) >= 11 is 0. The van der Waals surface area contributed by atoms with E-state index >= 15 is 0 Å². The van der Waals surface area contributed by atoms with Gasteiger partial charge in [0.25, 0.3) is 0 Å². The summed E-state index contributed by atoms with van der Waals surface area (Å²) in [5.41, 5.74) is -1.47. The van der Waals surface area contributed by atoms with Crippen molar-refractivity contribution in [3.8, 4) is 34.3 Å². The fourth-order valence-corrected chi connectivity index (χ4v) is 4.08. The van der Waals surface area contributed by atoms with E-state index in [0.29, 0.717) is 0 Å². The zero-order valence-corrected chi connectivity index (χ0v) is 19.2. The average molecular weight is 534 g/mol. The van der Waals surface area contributed by atoms with Gasteiger partial charge in [-0.2, -0.15) is 0 Å². The summed E-state index contributed by atoms with van der Waals surface area (Å²) in [6.07, 6.45) is -9.91. The Kier molecular flexibility index (Phi) is 7.15. The van der Waals surface area contributed by atoms with Crippen molar-refractivity contribution < 1.29 is 64.3 Å². The minimum atomic E-state index is -1.93. The van der Waals surface area contributed by atoms with Gasteiger partial charge in [-0.1, -0.05) is 0 Å². The number of aromatic hydroxyl groups is 4. The second kappa shape index (κ2) is 10.2. The van der Waals surface area contributed by atoms with E-state index in [1.54, 1.807) is 0 Å². The first kappa shape index (κ1) is 26.7. The van der Waals surface area contributed by atoms with Gasteiger partial charge in [-0.15, -0.1) is 0 Å². The van der Waals surface area contributed by atoms with Gasteiger partial charge in [0.1, 0.15) is 71.8 Å². The molecule has 0 saturated carbocycles. The smallest absolute Gasteiger partial charge is 0.317 e. The second-order valence-corrected chi connectivity index (χ2v) is 8.53. The minimum Gasteiger partial charge on any atom is -0.507 e. The highest BCUT2D eigenvalue weighted by Gasteiger charge is 2.46. The number of esters is 1. The van der Waals surface area contributed by atoms with E-state index in [1.807, 2.05) is 0 Å². The molecule has 0 unspecified atom stereocenters. The summed E-state index contributed by atoms with van der Waals surface area (Å²) in [6, 6.07) is 5.52. The van der Waals surface area contributed by atoms with Crippen molar-refractivity contribution in [2.45, 2.75) is 36.9 Å². The number of hydrogen-bond acceptors (Lipinski definition) is 13. The summed E-state index contributed by atoms with van der Waals surface area (Å²) < 4.78 is 15.8. The van der Waals surface area contributed by atoms with Crippen molar-refractivity contribution in [2.75, 3.05) is 6.61 Å². The van der Waals surface area contributed by atoms with Gasteiger partial charge >= 0.3 is 11.9 Å². The van der Waals surface area contributed by atoms with Crippen LogP contribution in [0.1, 0.15) is 18.1 Å². The van der Waals surface area contributed by atoms with Crippen LogP contribution in [0.3, 0.4) is 0 Å². The summed E-state index contributed by atoms with van der Waals surface area (Å²) in [5.74, 6) is -5.23. The van der Waals surface area contributed by atoms with Crippen LogP contribution in [-0.4, -0.2) is 83.8 Å². The Balaban J connectivity index is 1.72. The van der Waals surface area contributed by atoms with E-state index < -0.39 is 94.9 Å². The first-order chi connectivity index (χ1) is 17.9. The predicted octanol–water partition coefficient (Wildman–Crippen LogP) is -0.177. The summed E-state index contributed by atoms with van der Waals surface area (Å²) in [7, 11) is 0. The third kappa shape index (κ3) is 4.92. The number of benzene rings is 2. The minimum absolute atomic E-state index is 0.0833. The molecule has 5 atom stereocenters. The van der Waals surface area contributed by atoms with Crippen molar-refractivity contribution in [3.63, 3.8) is 0 Å². The third-order valence-corrected chi connectivity index (χ3v) is 5.97. The van der Waals surface area contributed by atoms with Gasteiger partial charge in [0.15, 0.2) is 16.9 Å². The number of aliphatic hydroxyl groups excluding tert-OH is 3. The van der Waals surface area contributed by atoms with Crippen LogP contribution in [0.5, 0.6) is 23.0 Å². The molecule has 1 aliphatic heterocycles. The lowest BCUT2D eigenvalue weighted by Gasteiger charge is -2.40. The lowest BCUT2D eigenvalue weighted by Crippen LogP contribution is -2.55. The van der Waals surface area contributed by atoms with Crippen LogP contribution < -0.4 is 5.43 Å². The molecular weight excluding hydrogens is 512 g/mol. The molecule has 0 spiro atoms. The van der Waals surface area contributed by atoms with Gasteiger partial charge in [0.2, 0.25) is 0 Å². The zero-order valence-electron chi connectivity index (χ0n) is 19.2. The quantitative estimate of drug-likeness (QED) is 0.116. The lowest BCUT2D eigenvalue weighted by atomic mass is 9.89. The number of aliphatic hydroxyl groups is 3. The molecule has 1 saturated heterocycles. The van der Waals surface area contributed by atoms with Crippen LogP contribution in [0.15, 0.2) is 39.5 Å². The van der Waals surface area contributed by atoms with E-state index in [0.717, 1.165) is 24.3 Å². The van der Waals surface area contributed by atoms with Gasteiger partial charge in [-0.05, 0) is 18.2 Å². The first-order valence-electron chi connectivity index (χ1n) is 11.0. The Labute approximate surface area is 211 Å². The molecule has 4 rings (SSSR count). The predicted molar refractivity (Wildman–Crippen MR) is 123 cm³/mol. The van der Waals surface area contributed by atoms with Crippen molar-refractivity contribution in [1.29, 1.82) is 0 Å². The number of hydrogen-bond donors (Lipinski definition) is 8. The Morgan fingerprint density at radius 3 is 2.26 bits per heavy atom. The van der Waals surface area contributed by atoms with Crippen molar-refractivity contribution >= 4 is 22.9 Å². The Bertz CT molecular complexity index is 1460. The third-order valence-electron chi connectivity index (χ3n) is 5.97. The molecule has 202 valence electrons. The molecule has 0 radical (unpaired) electrons. The molecule has 1 aliphatic rings. The highest BCUT2D eigenvalue weighted by atomic mass is 16.6. The van der Waals surface area contributed by atoms with Crippen LogP contribution in [0.2, 0.25) is 0 Å². The molecule has 1 aromatic heterocycles. The number of carbonyl (C=O) groups is 2. The molecule has 38 heavy (non-hydrogen) atoms. The first-order valence-corrected chi connectivity index (χ1v) is 11.0. The fraction of sp³-hybridized carbons (Fsp3) is 0.292. The van der Waals surface area contributed by atoms with Crippen LogP contribution in [-0.2, 0) is 19.1 Å². The van der Waals surface area contributed by atoms with E-state index in [9.17, 15) is 50.1 Å². The Morgan fingerprint density at radius 1 is 0.895 bits per heavy atom. The van der Waals surface area contributed by atoms with Crippen LogP contribution in [0.25, 0.3) is 22.3 Å². The molecule has 2 heterocycles. The number of fused-ring (bicyclic) bond motifs is 1. The molecule has 0 aliphatic carbocycles. The number of phenolic OH excluding ortho intramolecular Hbond substituents is 4. The maximum atomic E-state index is 12.9. The standard InChI is InChI=1S/C24H22O14/c25-9-2-1-8(3-10(9)26)13-4-11(27)18-14(37-13)5-12(28)19(21(18)33)24-23(35)22(34)20(32)15(38-24)7-36-17(31)6-16(29)30/h1-5,15,20,22-26,28,32-35H,6-7H2,(H,29,30)/t15-,20-,22+,23-,24+/m1/s1. The van der Waals surface area contributed by atoms with Gasteiger partial charge < -0.3 is 54.7 Å². The van der Waals surface area contributed by atoms with E-state index in [1.165, 1.54) is 6.07 Å². The monoisotopic (exact) mass is 534 g/mol. The van der Waals surface area contributed by atoms with Crippen molar-refractivity contribution in [2.24, 2.45) is 0 Å². The lowest BCUT2D eigenvalue weighted by molar-refractivity contribution is -0.235. The number of aliphatic carboxylic acids is 1. The SMILES string of the molecule is O=C(O)CC(=O)OC[C@H]1O[C@@H](c2c(O)cc3oc(-c4ccc(O)c(O)c4)cc(=O)c3c2O)[C@H](O)[C@@H](O)[C@@H]1O. The van der Waals surface area contributed by atoms with Crippen molar-refractivity contribution in [1.82, 2.24) is 0 Å². The molecule has 3 aromatic rings. The normalized spacial score (nSPS) is 23.3. The van der Waals surface area contributed by atoms with Crippen LogP contribution >= 0.6 is 0 Å². The van der Waals surface area contributed by atoms with Gasteiger partial charge in [-0.25, -0.2) is 0 Å².